The Balaban J connectivity index is 2.12. The topological polar surface area (TPSA) is 29.3 Å². The third kappa shape index (κ3) is 2.29. The molecule has 1 saturated carbocycles. The van der Waals surface area contributed by atoms with E-state index in [4.69, 9.17) is 5.73 Å². The van der Waals surface area contributed by atoms with Crippen molar-refractivity contribution >= 4 is 5.69 Å². The lowest BCUT2D eigenvalue weighted by Crippen LogP contribution is -2.43. The average molecular weight is 208 g/mol. The quantitative estimate of drug-likeness (QED) is 0.821. The molecule has 15 heavy (non-hydrogen) atoms. The predicted molar refractivity (Wildman–Crippen MR) is 60.4 cm³/mol. The van der Waals surface area contributed by atoms with E-state index in [9.17, 15) is 4.39 Å². The maximum Gasteiger partial charge on any atom is 0.123 e. The molecular formula is C12H17FN2. The van der Waals surface area contributed by atoms with Crippen molar-refractivity contribution in [1.82, 2.24) is 0 Å². The summed E-state index contributed by atoms with van der Waals surface area (Å²) in [6.45, 7) is 1.50. The van der Waals surface area contributed by atoms with E-state index < -0.39 is 0 Å². The molecule has 3 heteroatoms. The van der Waals surface area contributed by atoms with Crippen molar-refractivity contribution < 1.29 is 4.39 Å². The first kappa shape index (κ1) is 10.4. The summed E-state index contributed by atoms with van der Waals surface area (Å²) in [7, 11) is 0. The van der Waals surface area contributed by atoms with E-state index in [0.29, 0.717) is 12.6 Å². The summed E-state index contributed by atoms with van der Waals surface area (Å²) in [5.74, 6) is -0.181. The number of benzene rings is 1. The molecule has 1 aliphatic carbocycles. The van der Waals surface area contributed by atoms with Gasteiger partial charge in [-0.2, -0.15) is 0 Å². The molecule has 2 rings (SSSR count). The van der Waals surface area contributed by atoms with Crippen molar-refractivity contribution in [3.05, 3.63) is 30.1 Å². The molecule has 2 nitrogen and oxygen atoms in total. The third-order valence-electron chi connectivity index (χ3n) is 3.04. The maximum atomic E-state index is 12.8. The lowest BCUT2D eigenvalue weighted by atomic mass is 9.91. The van der Waals surface area contributed by atoms with Gasteiger partial charge in [0, 0.05) is 24.8 Å². The van der Waals surface area contributed by atoms with Crippen LogP contribution in [0.5, 0.6) is 0 Å². The van der Waals surface area contributed by atoms with E-state index >= 15 is 0 Å². The molecule has 0 atom stereocenters. The summed E-state index contributed by atoms with van der Waals surface area (Å²) in [6, 6.07) is 7.31. The summed E-state index contributed by atoms with van der Waals surface area (Å²) in [5, 5.41) is 0. The van der Waals surface area contributed by atoms with Crippen LogP contribution in [0.2, 0.25) is 0 Å². The molecule has 0 bridgehead atoms. The Kier molecular flexibility index (Phi) is 3.21. The molecule has 1 fully saturated rings. The molecule has 1 aromatic carbocycles. The number of anilines is 1. The molecule has 0 aromatic heterocycles. The van der Waals surface area contributed by atoms with Crippen molar-refractivity contribution in [2.24, 2.45) is 5.73 Å². The zero-order valence-corrected chi connectivity index (χ0v) is 8.82. The second-order valence-corrected chi connectivity index (χ2v) is 4.04. The first-order valence-corrected chi connectivity index (χ1v) is 5.53. The lowest BCUT2D eigenvalue weighted by Gasteiger charge is -2.39. The molecule has 0 amide bonds. The molecular weight excluding hydrogens is 191 g/mol. The van der Waals surface area contributed by atoms with Gasteiger partial charge < -0.3 is 10.6 Å². The lowest BCUT2D eigenvalue weighted by molar-refractivity contribution is 0.388. The van der Waals surface area contributed by atoms with Gasteiger partial charge in [-0.1, -0.05) is 0 Å². The molecule has 0 spiro atoms. The molecule has 2 N–H and O–H groups in total. The van der Waals surface area contributed by atoms with Gasteiger partial charge in [-0.05, 0) is 43.5 Å². The number of hydrogen-bond acceptors (Lipinski definition) is 2. The fraction of sp³-hybridized carbons (Fsp3) is 0.500. The van der Waals surface area contributed by atoms with Crippen molar-refractivity contribution in [3.63, 3.8) is 0 Å². The Morgan fingerprint density at radius 2 is 1.93 bits per heavy atom. The SMILES string of the molecule is NCCN(c1ccc(F)cc1)C1CCC1. The van der Waals surface area contributed by atoms with Gasteiger partial charge in [0.25, 0.3) is 0 Å². The van der Waals surface area contributed by atoms with Crippen molar-refractivity contribution in [1.29, 1.82) is 0 Å². The highest BCUT2D eigenvalue weighted by Crippen LogP contribution is 2.29. The van der Waals surface area contributed by atoms with Crippen molar-refractivity contribution in [3.8, 4) is 0 Å². The van der Waals surface area contributed by atoms with Gasteiger partial charge in [0.05, 0.1) is 0 Å². The van der Waals surface area contributed by atoms with Crippen LogP contribution in [0.4, 0.5) is 10.1 Å². The number of rotatable bonds is 4. The summed E-state index contributed by atoms with van der Waals surface area (Å²) in [6.07, 6.45) is 3.77. The van der Waals surface area contributed by atoms with Crippen LogP contribution in [0.3, 0.4) is 0 Å². The second-order valence-electron chi connectivity index (χ2n) is 4.04. The molecule has 0 unspecified atom stereocenters. The van der Waals surface area contributed by atoms with Gasteiger partial charge in [0.1, 0.15) is 5.82 Å². The first-order chi connectivity index (χ1) is 7.31. The van der Waals surface area contributed by atoms with E-state index in [1.165, 1.54) is 31.4 Å². The van der Waals surface area contributed by atoms with Crippen LogP contribution in [-0.2, 0) is 0 Å². The van der Waals surface area contributed by atoms with Gasteiger partial charge in [0.15, 0.2) is 0 Å². The molecule has 0 heterocycles. The molecule has 1 aromatic rings. The molecule has 0 aliphatic heterocycles. The highest BCUT2D eigenvalue weighted by Gasteiger charge is 2.24. The van der Waals surface area contributed by atoms with Crippen LogP contribution in [0.15, 0.2) is 24.3 Å². The number of nitrogens with two attached hydrogens (primary N) is 1. The standard InChI is InChI=1S/C12H17FN2/c13-10-4-6-12(7-5-10)15(9-8-14)11-2-1-3-11/h4-7,11H,1-3,8-9,14H2. The fourth-order valence-electron chi connectivity index (χ4n) is 1.99. The normalized spacial score (nSPS) is 16.1. The van der Waals surface area contributed by atoms with E-state index in [1.54, 1.807) is 0 Å². The monoisotopic (exact) mass is 208 g/mol. The minimum absolute atomic E-state index is 0.181. The van der Waals surface area contributed by atoms with Gasteiger partial charge in [-0.25, -0.2) is 4.39 Å². The van der Waals surface area contributed by atoms with E-state index in [0.717, 1.165) is 12.2 Å². The summed E-state index contributed by atoms with van der Waals surface area (Å²) in [5.41, 5.74) is 6.69. The second kappa shape index (κ2) is 4.62. The van der Waals surface area contributed by atoms with Crippen molar-refractivity contribution in [2.75, 3.05) is 18.0 Å². The van der Waals surface area contributed by atoms with Crippen LogP contribution >= 0.6 is 0 Å². The number of halogens is 1. The Morgan fingerprint density at radius 1 is 1.27 bits per heavy atom. The van der Waals surface area contributed by atoms with E-state index in [2.05, 4.69) is 4.90 Å². The van der Waals surface area contributed by atoms with Gasteiger partial charge in [0.2, 0.25) is 0 Å². The third-order valence-corrected chi connectivity index (χ3v) is 3.04. The number of hydrogen-bond donors (Lipinski definition) is 1. The highest BCUT2D eigenvalue weighted by molar-refractivity contribution is 5.47. The van der Waals surface area contributed by atoms with E-state index in [-0.39, 0.29) is 5.82 Å². The van der Waals surface area contributed by atoms with E-state index in [1.807, 2.05) is 12.1 Å². The zero-order valence-electron chi connectivity index (χ0n) is 8.82. The Bertz CT molecular complexity index is 306. The predicted octanol–water partition coefficient (Wildman–Crippen LogP) is 2.14. The Labute approximate surface area is 89.9 Å². The average Bonchev–Trinajstić information content (AvgIpc) is 2.16. The zero-order chi connectivity index (χ0) is 10.7. The van der Waals surface area contributed by atoms with Crippen molar-refractivity contribution in [2.45, 2.75) is 25.3 Å². The fourth-order valence-corrected chi connectivity index (χ4v) is 1.99. The first-order valence-electron chi connectivity index (χ1n) is 5.53. The highest BCUT2D eigenvalue weighted by atomic mass is 19.1. The largest absolute Gasteiger partial charge is 0.367 e. The Hall–Kier alpha value is -1.09. The summed E-state index contributed by atoms with van der Waals surface area (Å²) >= 11 is 0. The number of nitrogens with zero attached hydrogens (tertiary/aromatic N) is 1. The van der Waals surface area contributed by atoms with Gasteiger partial charge >= 0.3 is 0 Å². The van der Waals surface area contributed by atoms with Gasteiger partial charge in [-0.15, -0.1) is 0 Å². The van der Waals surface area contributed by atoms with Gasteiger partial charge in [-0.3, -0.25) is 0 Å². The summed E-state index contributed by atoms with van der Waals surface area (Å²) in [4.78, 5) is 2.29. The minimum Gasteiger partial charge on any atom is -0.367 e. The van der Waals surface area contributed by atoms with Crippen LogP contribution in [-0.4, -0.2) is 19.1 Å². The minimum atomic E-state index is -0.181. The van der Waals surface area contributed by atoms with Crippen LogP contribution in [0, 0.1) is 5.82 Å². The summed E-state index contributed by atoms with van der Waals surface area (Å²) < 4.78 is 12.8. The maximum absolute atomic E-state index is 12.8. The van der Waals surface area contributed by atoms with Crippen LogP contribution < -0.4 is 10.6 Å². The molecule has 1 aliphatic rings. The Morgan fingerprint density at radius 3 is 2.40 bits per heavy atom. The molecule has 0 radical (unpaired) electrons. The molecule has 0 saturated heterocycles. The smallest absolute Gasteiger partial charge is 0.123 e. The molecule has 82 valence electrons. The van der Waals surface area contributed by atoms with Crippen LogP contribution in [0.25, 0.3) is 0 Å². The van der Waals surface area contributed by atoms with Crippen LogP contribution in [0.1, 0.15) is 19.3 Å².